The summed E-state index contributed by atoms with van der Waals surface area (Å²) in [6.07, 6.45) is 2.93. The van der Waals surface area contributed by atoms with Crippen LogP contribution in [0.1, 0.15) is 10.5 Å². The molecule has 0 aromatic carbocycles. The van der Waals surface area contributed by atoms with Gasteiger partial charge in [-0.05, 0) is 0 Å². The maximum absolute atomic E-state index is 11.9. The van der Waals surface area contributed by atoms with Crippen molar-refractivity contribution in [2.75, 3.05) is 32.0 Å². The van der Waals surface area contributed by atoms with Crippen molar-refractivity contribution in [3.05, 3.63) is 18.1 Å². The third-order valence-corrected chi connectivity index (χ3v) is 2.23. The van der Waals surface area contributed by atoms with Crippen molar-refractivity contribution in [1.82, 2.24) is 14.9 Å². The zero-order valence-electron chi connectivity index (χ0n) is 8.22. The molecule has 0 unspecified atom stereocenters. The lowest BCUT2D eigenvalue weighted by atomic mass is 10.3. The fourth-order valence-electron chi connectivity index (χ4n) is 1.43. The summed E-state index contributed by atoms with van der Waals surface area (Å²) in [6, 6.07) is 0. The molecule has 6 nitrogen and oxygen atoms in total. The molecule has 0 aliphatic carbocycles. The van der Waals surface area contributed by atoms with E-state index in [0.29, 0.717) is 26.3 Å². The van der Waals surface area contributed by atoms with Gasteiger partial charge in [-0.2, -0.15) is 0 Å². The molecule has 1 amide bonds. The zero-order valence-corrected chi connectivity index (χ0v) is 8.22. The molecule has 0 bridgehead atoms. The van der Waals surface area contributed by atoms with Crippen molar-refractivity contribution in [2.24, 2.45) is 0 Å². The summed E-state index contributed by atoms with van der Waals surface area (Å²) in [5, 5.41) is 0. The molecule has 1 aromatic heterocycles. The van der Waals surface area contributed by atoms with E-state index in [4.69, 9.17) is 10.5 Å². The Morgan fingerprint density at radius 2 is 2.00 bits per heavy atom. The van der Waals surface area contributed by atoms with Crippen LogP contribution in [0.4, 0.5) is 5.82 Å². The first-order valence-electron chi connectivity index (χ1n) is 4.72. The summed E-state index contributed by atoms with van der Waals surface area (Å²) in [7, 11) is 0. The Balaban J connectivity index is 2.16. The van der Waals surface area contributed by atoms with E-state index in [-0.39, 0.29) is 17.4 Å². The van der Waals surface area contributed by atoms with Gasteiger partial charge < -0.3 is 15.4 Å². The van der Waals surface area contributed by atoms with E-state index < -0.39 is 0 Å². The lowest BCUT2D eigenvalue weighted by Crippen LogP contribution is -2.41. The second kappa shape index (κ2) is 4.22. The van der Waals surface area contributed by atoms with Crippen LogP contribution in [0.2, 0.25) is 0 Å². The van der Waals surface area contributed by atoms with E-state index in [1.807, 2.05) is 0 Å². The summed E-state index contributed by atoms with van der Waals surface area (Å²) < 4.78 is 5.15. The van der Waals surface area contributed by atoms with Gasteiger partial charge in [-0.3, -0.25) is 4.79 Å². The van der Waals surface area contributed by atoms with Crippen LogP contribution in [0.25, 0.3) is 0 Å². The van der Waals surface area contributed by atoms with E-state index in [9.17, 15) is 4.79 Å². The second-order valence-electron chi connectivity index (χ2n) is 3.19. The van der Waals surface area contributed by atoms with E-state index in [1.54, 1.807) is 4.90 Å². The van der Waals surface area contributed by atoms with E-state index in [1.165, 1.54) is 12.4 Å². The first-order chi connectivity index (χ1) is 7.29. The zero-order chi connectivity index (χ0) is 10.7. The predicted octanol–water partition coefficient (Wildman–Crippen LogP) is -0.469. The van der Waals surface area contributed by atoms with Crippen LogP contribution < -0.4 is 5.73 Å². The molecule has 0 spiro atoms. The Labute approximate surface area is 87.1 Å². The fourth-order valence-corrected chi connectivity index (χ4v) is 1.43. The minimum Gasteiger partial charge on any atom is -0.382 e. The highest BCUT2D eigenvalue weighted by molar-refractivity contribution is 5.96. The molecule has 0 saturated carbocycles. The smallest absolute Gasteiger partial charge is 0.276 e. The third-order valence-electron chi connectivity index (χ3n) is 2.23. The summed E-state index contributed by atoms with van der Waals surface area (Å²) >= 11 is 0. The number of aromatic nitrogens is 2. The summed E-state index contributed by atoms with van der Waals surface area (Å²) in [5.74, 6) is -0.00195. The molecule has 1 aliphatic rings. The molecular formula is C9H12N4O2. The van der Waals surface area contributed by atoms with Crippen molar-refractivity contribution in [3.8, 4) is 0 Å². The molecule has 2 N–H and O–H groups in total. The largest absolute Gasteiger partial charge is 0.382 e. The monoisotopic (exact) mass is 208 g/mol. The summed E-state index contributed by atoms with van der Waals surface area (Å²) in [4.78, 5) is 21.3. The number of rotatable bonds is 1. The number of morpholine rings is 1. The minimum atomic E-state index is -0.177. The van der Waals surface area contributed by atoms with Crippen LogP contribution >= 0.6 is 0 Å². The molecule has 15 heavy (non-hydrogen) atoms. The van der Waals surface area contributed by atoms with Crippen LogP contribution in [-0.4, -0.2) is 47.1 Å². The number of amides is 1. The Morgan fingerprint density at radius 3 is 2.67 bits per heavy atom. The topological polar surface area (TPSA) is 81.3 Å². The standard InChI is InChI=1S/C9H12N4O2/c10-8-7(11-1-2-12-8)9(14)13-3-5-15-6-4-13/h1-2H,3-6H2,(H2,10,12). The molecule has 0 atom stereocenters. The summed E-state index contributed by atoms with van der Waals surface area (Å²) in [6.45, 7) is 2.28. The number of carbonyl (C=O) groups is 1. The maximum Gasteiger partial charge on any atom is 0.276 e. The van der Waals surface area contributed by atoms with Crippen LogP contribution in [0.5, 0.6) is 0 Å². The van der Waals surface area contributed by atoms with Gasteiger partial charge in [-0.15, -0.1) is 0 Å². The molecule has 6 heteroatoms. The van der Waals surface area contributed by atoms with Gasteiger partial charge in [-0.25, -0.2) is 9.97 Å². The summed E-state index contributed by atoms with van der Waals surface area (Å²) in [5.41, 5.74) is 5.80. The van der Waals surface area contributed by atoms with Gasteiger partial charge in [0, 0.05) is 25.5 Å². The van der Waals surface area contributed by atoms with Crippen molar-refractivity contribution in [3.63, 3.8) is 0 Å². The number of hydrogen-bond donors (Lipinski definition) is 1. The van der Waals surface area contributed by atoms with Gasteiger partial charge in [0.15, 0.2) is 11.5 Å². The van der Waals surface area contributed by atoms with Crippen molar-refractivity contribution in [2.45, 2.75) is 0 Å². The molecule has 2 rings (SSSR count). The van der Waals surface area contributed by atoms with Crippen LogP contribution in [0.3, 0.4) is 0 Å². The van der Waals surface area contributed by atoms with E-state index in [2.05, 4.69) is 9.97 Å². The van der Waals surface area contributed by atoms with Gasteiger partial charge in [0.1, 0.15) is 0 Å². The van der Waals surface area contributed by atoms with Crippen molar-refractivity contribution >= 4 is 11.7 Å². The average molecular weight is 208 g/mol. The van der Waals surface area contributed by atoms with Crippen LogP contribution in [0.15, 0.2) is 12.4 Å². The van der Waals surface area contributed by atoms with Crippen LogP contribution in [-0.2, 0) is 4.74 Å². The number of carbonyl (C=O) groups excluding carboxylic acids is 1. The third kappa shape index (κ3) is 2.04. The molecule has 1 aliphatic heterocycles. The van der Waals surface area contributed by atoms with Gasteiger partial charge in [0.25, 0.3) is 5.91 Å². The van der Waals surface area contributed by atoms with Crippen molar-refractivity contribution in [1.29, 1.82) is 0 Å². The normalized spacial score (nSPS) is 16.4. The van der Waals surface area contributed by atoms with Crippen molar-refractivity contribution < 1.29 is 9.53 Å². The number of anilines is 1. The highest BCUT2D eigenvalue weighted by Gasteiger charge is 2.21. The number of hydrogen-bond acceptors (Lipinski definition) is 5. The average Bonchev–Trinajstić information content (AvgIpc) is 2.30. The lowest BCUT2D eigenvalue weighted by Gasteiger charge is -2.26. The second-order valence-corrected chi connectivity index (χ2v) is 3.19. The van der Waals surface area contributed by atoms with Crippen LogP contribution in [0, 0.1) is 0 Å². The molecule has 0 radical (unpaired) electrons. The number of nitrogens with zero attached hydrogens (tertiary/aromatic N) is 3. The number of nitrogen functional groups attached to an aromatic ring is 1. The van der Waals surface area contributed by atoms with Gasteiger partial charge >= 0.3 is 0 Å². The highest BCUT2D eigenvalue weighted by atomic mass is 16.5. The maximum atomic E-state index is 11.9. The minimum absolute atomic E-state index is 0.175. The molecular weight excluding hydrogens is 196 g/mol. The fraction of sp³-hybridized carbons (Fsp3) is 0.444. The first kappa shape index (κ1) is 9.85. The SMILES string of the molecule is Nc1nccnc1C(=O)N1CCOCC1. The predicted molar refractivity (Wildman–Crippen MR) is 53.2 cm³/mol. The van der Waals surface area contributed by atoms with E-state index >= 15 is 0 Å². The van der Waals surface area contributed by atoms with Gasteiger partial charge in [0.2, 0.25) is 0 Å². The van der Waals surface area contributed by atoms with E-state index in [0.717, 1.165) is 0 Å². The molecule has 1 aromatic rings. The van der Waals surface area contributed by atoms with Gasteiger partial charge in [0.05, 0.1) is 13.2 Å². The number of ether oxygens (including phenoxy) is 1. The molecule has 1 saturated heterocycles. The number of nitrogens with two attached hydrogens (primary N) is 1. The lowest BCUT2D eigenvalue weighted by molar-refractivity contribution is 0.0299. The molecule has 1 fully saturated rings. The Kier molecular flexibility index (Phi) is 2.77. The first-order valence-corrected chi connectivity index (χ1v) is 4.72. The molecule has 2 heterocycles. The Hall–Kier alpha value is -1.69. The quantitative estimate of drug-likeness (QED) is 0.674. The Bertz CT molecular complexity index is 363. The molecule has 80 valence electrons. The van der Waals surface area contributed by atoms with Gasteiger partial charge in [-0.1, -0.05) is 0 Å². The Morgan fingerprint density at radius 1 is 1.33 bits per heavy atom. The highest BCUT2D eigenvalue weighted by Crippen LogP contribution is 2.09.